The highest BCUT2D eigenvalue weighted by atomic mass is 35.5. The maximum atomic E-state index is 12.4. The summed E-state index contributed by atoms with van der Waals surface area (Å²) in [6.45, 7) is -0.472. The second-order valence-corrected chi connectivity index (χ2v) is 8.76. The van der Waals surface area contributed by atoms with E-state index >= 15 is 0 Å². The number of carbonyl (C=O) groups excluding carboxylic acids is 2. The van der Waals surface area contributed by atoms with Gasteiger partial charge in [-0.15, -0.1) is 0 Å². The van der Waals surface area contributed by atoms with Crippen LogP contribution >= 0.6 is 11.6 Å². The average Bonchev–Trinajstić information content (AvgIpc) is 2.97. The number of hydrogen-bond acceptors (Lipinski definition) is 6. The van der Waals surface area contributed by atoms with Crippen LogP contribution in [0.4, 0.5) is 0 Å². The number of halogens is 1. The summed E-state index contributed by atoms with van der Waals surface area (Å²) in [5.74, 6) is -1.14. The fourth-order valence-electron chi connectivity index (χ4n) is 2.90. The average molecular weight is 397 g/mol. The number of hydrogen-bond donors (Lipinski definition) is 0. The van der Waals surface area contributed by atoms with E-state index in [1.807, 2.05) is 0 Å². The molecule has 0 aliphatic carbocycles. The number of fused-ring (bicyclic) bond motifs is 1. The lowest BCUT2D eigenvalue weighted by Crippen LogP contribution is -2.40. The molecule has 1 amide bonds. The summed E-state index contributed by atoms with van der Waals surface area (Å²) in [4.78, 5) is 30.1. The first-order valence-corrected chi connectivity index (χ1v) is 10.2. The van der Waals surface area contributed by atoms with Gasteiger partial charge >= 0.3 is 5.97 Å². The summed E-state index contributed by atoms with van der Waals surface area (Å²) in [5.41, 5.74) is 0.769. The van der Waals surface area contributed by atoms with Crippen LogP contribution in [0.1, 0.15) is 16.8 Å². The molecule has 0 radical (unpaired) electrons. The maximum Gasteiger partial charge on any atom is 0.339 e. The van der Waals surface area contributed by atoms with Gasteiger partial charge in [-0.25, -0.2) is 18.2 Å². The molecule has 138 valence electrons. The standard InChI is InChI=1S/C17H17ClN2O5S/c1-20(11-6-7-26(23,24)10-11)16(21)9-25-17(22)13-8-15(18)19-14-5-3-2-4-12(13)14/h2-5,8,11H,6-7,9-10H2,1H3/t11-/m1/s1. The largest absolute Gasteiger partial charge is 0.452 e. The summed E-state index contributed by atoms with van der Waals surface area (Å²) in [5, 5.41) is 0.722. The Morgan fingerprint density at radius 2 is 2.08 bits per heavy atom. The minimum absolute atomic E-state index is 0.0617. The minimum Gasteiger partial charge on any atom is -0.452 e. The normalized spacial score (nSPS) is 18.6. The smallest absolute Gasteiger partial charge is 0.339 e. The molecular weight excluding hydrogens is 380 g/mol. The van der Waals surface area contributed by atoms with Crippen LogP contribution in [0.25, 0.3) is 10.9 Å². The Morgan fingerprint density at radius 1 is 1.35 bits per heavy atom. The summed E-state index contributed by atoms with van der Waals surface area (Å²) in [6.07, 6.45) is 0.392. The summed E-state index contributed by atoms with van der Waals surface area (Å²) in [7, 11) is -1.59. The van der Waals surface area contributed by atoms with Gasteiger partial charge in [-0.3, -0.25) is 4.79 Å². The van der Waals surface area contributed by atoms with E-state index in [1.54, 1.807) is 24.3 Å². The molecule has 7 nitrogen and oxygen atoms in total. The number of rotatable bonds is 4. The molecule has 2 aromatic rings. The van der Waals surface area contributed by atoms with Gasteiger partial charge in [-0.1, -0.05) is 29.8 Å². The molecular formula is C17H17ClN2O5S. The van der Waals surface area contributed by atoms with Crippen molar-refractivity contribution in [2.75, 3.05) is 25.2 Å². The number of para-hydroxylation sites is 1. The number of nitrogens with zero attached hydrogens (tertiary/aromatic N) is 2. The van der Waals surface area contributed by atoms with Crippen molar-refractivity contribution in [2.24, 2.45) is 0 Å². The van der Waals surface area contributed by atoms with Gasteiger partial charge in [-0.05, 0) is 18.6 Å². The van der Waals surface area contributed by atoms with Crippen LogP contribution < -0.4 is 0 Å². The number of amides is 1. The third kappa shape index (κ3) is 3.96. The minimum atomic E-state index is -3.10. The molecule has 1 fully saturated rings. The lowest BCUT2D eigenvalue weighted by Gasteiger charge is -2.23. The fraction of sp³-hybridized carbons (Fsp3) is 0.353. The van der Waals surface area contributed by atoms with Crippen LogP contribution in [0.3, 0.4) is 0 Å². The molecule has 0 bridgehead atoms. The highest BCUT2D eigenvalue weighted by molar-refractivity contribution is 7.91. The molecule has 3 rings (SSSR count). The van der Waals surface area contributed by atoms with Crippen LogP contribution in [0.5, 0.6) is 0 Å². The summed E-state index contributed by atoms with van der Waals surface area (Å²) < 4.78 is 28.2. The van der Waals surface area contributed by atoms with Gasteiger partial charge in [0.15, 0.2) is 16.4 Å². The number of aromatic nitrogens is 1. The maximum absolute atomic E-state index is 12.4. The molecule has 0 unspecified atom stereocenters. The lowest BCUT2D eigenvalue weighted by molar-refractivity contribution is -0.134. The first kappa shape index (κ1) is 18.6. The zero-order valence-electron chi connectivity index (χ0n) is 14.0. The second kappa shape index (κ2) is 7.20. The molecule has 0 spiro atoms. The molecule has 9 heteroatoms. The lowest BCUT2D eigenvalue weighted by atomic mass is 10.1. The fourth-order valence-corrected chi connectivity index (χ4v) is 4.88. The topological polar surface area (TPSA) is 93.6 Å². The second-order valence-electron chi connectivity index (χ2n) is 6.15. The van der Waals surface area contributed by atoms with E-state index < -0.39 is 28.3 Å². The zero-order chi connectivity index (χ0) is 18.9. The predicted molar refractivity (Wildman–Crippen MR) is 96.9 cm³/mol. The van der Waals surface area contributed by atoms with Crippen molar-refractivity contribution in [1.29, 1.82) is 0 Å². The SMILES string of the molecule is CN(C(=O)COC(=O)c1cc(Cl)nc2ccccc12)[C@@H]1CCS(=O)(=O)C1. The van der Waals surface area contributed by atoms with Crippen molar-refractivity contribution in [2.45, 2.75) is 12.5 Å². The Balaban J connectivity index is 1.68. The number of ether oxygens (including phenoxy) is 1. The summed E-state index contributed by atoms with van der Waals surface area (Å²) >= 11 is 5.94. The van der Waals surface area contributed by atoms with Crippen molar-refractivity contribution in [3.8, 4) is 0 Å². The highest BCUT2D eigenvalue weighted by Gasteiger charge is 2.33. The molecule has 1 saturated heterocycles. The molecule has 1 aliphatic heterocycles. The van der Waals surface area contributed by atoms with Gasteiger partial charge in [0.1, 0.15) is 5.15 Å². The van der Waals surface area contributed by atoms with E-state index in [4.69, 9.17) is 16.3 Å². The Bertz CT molecular complexity index is 976. The van der Waals surface area contributed by atoms with Gasteiger partial charge in [0.2, 0.25) is 0 Å². The van der Waals surface area contributed by atoms with Crippen LogP contribution in [0.15, 0.2) is 30.3 Å². The van der Waals surface area contributed by atoms with Crippen LogP contribution in [-0.2, 0) is 19.4 Å². The van der Waals surface area contributed by atoms with E-state index in [0.717, 1.165) is 0 Å². The van der Waals surface area contributed by atoms with Crippen molar-refractivity contribution >= 4 is 44.2 Å². The van der Waals surface area contributed by atoms with Crippen LogP contribution in [0.2, 0.25) is 5.15 Å². The summed E-state index contributed by atoms with van der Waals surface area (Å²) in [6, 6.07) is 7.97. The number of sulfone groups is 1. The van der Waals surface area contributed by atoms with E-state index in [1.165, 1.54) is 18.0 Å². The Morgan fingerprint density at radius 3 is 2.77 bits per heavy atom. The van der Waals surface area contributed by atoms with E-state index in [0.29, 0.717) is 17.3 Å². The van der Waals surface area contributed by atoms with Gasteiger partial charge in [0, 0.05) is 18.5 Å². The number of esters is 1. The van der Waals surface area contributed by atoms with Gasteiger partial charge in [0.05, 0.1) is 22.6 Å². The first-order valence-electron chi connectivity index (χ1n) is 7.95. The van der Waals surface area contributed by atoms with Crippen LogP contribution in [-0.4, -0.2) is 61.4 Å². The quantitative estimate of drug-likeness (QED) is 0.576. The van der Waals surface area contributed by atoms with Crippen molar-refractivity contribution < 1.29 is 22.7 Å². The van der Waals surface area contributed by atoms with Gasteiger partial charge in [-0.2, -0.15) is 0 Å². The number of pyridine rings is 1. The third-order valence-corrected chi connectivity index (χ3v) is 6.33. The third-order valence-electron chi connectivity index (χ3n) is 4.38. The van der Waals surface area contributed by atoms with Crippen molar-refractivity contribution in [1.82, 2.24) is 9.88 Å². The highest BCUT2D eigenvalue weighted by Crippen LogP contribution is 2.22. The molecule has 26 heavy (non-hydrogen) atoms. The Kier molecular flexibility index (Phi) is 5.15. The predicted octanol–water partition coefficient (Wildman–Crippen LogP) is 1.69. The van der Waals surface area contributed by atoms with Gasteiger partial charge < -0.3 is 9.64 Å². The Labute approximate surface area is 155 Å². The first-order chi connectivity index (χ1) is 12.3. The number of benzene rings is 1. The molecule has 1 aliphatic rings. The molecule has 1 atom stereocenters. The van der Waals surface area contributed by atoms with E-state index in [9.17, 15) is 18.0 Å². The van der Waals surface area contributed by atoms with E-state index in [2.05, 4.69) is 4.98 Å². The number of carbonyl (C=O) groups is 2. The van der Waals surface area contributed by atoms with E-state index in [-0.39, 0.29) is 28.3 Å². The monoisotopic (exact) mass is 396 g/mol. The van der Waals surface area contributed by atoms with Crippen molar-refractivity contribution in [3.05, 3.63) is 41.0 Å². The molecule has 0 N–H and O–H groups in total. The molecule has 1 aromatic heterocycles. The van der Waals surface area contributed by atoms with Crippen LogP contribution in [0, 0.1) is 0 Å². The zero-order valence-corrected chi connectivity index (χ0v) is 15.6. The van der Waals surface area contributed by atoms with Crippen molar-refractivity contribution in [3.63, 3.8) is 0 Å². The number of likely N-dealkylation sites (N-methyl/N-ethyl adjacent to an activating group) is 1. The molecule has 2 heterocycles. The Hall–Kier alpha value is -2.19. The molecule has 0 saturated carbocycles. The van der Waals surface area contributed by atoms with Gasteiger partial charge in [0.25, 0.3) is 5.91 Å². The molecule has 1 aromatic carbocycles.